The van der Waals surface area contributed by atoms with Crippen molar-refractivity contribution in [2.45, 2.75) is 13.0 Å². The molecular formula is C18H15ClN2O5. The minimum atomic E-state index is -0.615. The Balaban J connectivity index is 1.54. The van der Waals surface area contributed by atoms with Crippen molar-refractivity contribution in [3.05, 3.63) is 52.0 Å². The van der Waals surface area contributed by atoms with Gasteiger partial charge in [0.15, 0.2) is 17.1 Å². The summed E-state index contributed by atoms with van der Waals surface area (Å²) in [6.45, 7) is 0.977. The molecule has 0 fully saturated rings. The zero-order valence-electron chi connectivity index (χ0n) is 13.7. The SMILES string of the molecule is O=C(Cn1c(=O)oc2cc(Cl)ccc21)Nc1ccc2c(c1)OCCCO2. The maximum Gasteiger partial charge on any atom is 0.420 e. The molecule has 7 nitrogen and oxygen atoms in total. The van der Waals surface area contributed by atoms with Crippen molar-refractivity contribution in [3.8, 4) is 11.5 Å². The lowest BCUT2D eigenvalue weighted by Crippen LogP contribution is -2.24. The van der Waals surface area contributed by atoms with Gasteiger partial charge in [0, 0.05) is 29.3 Å². The smallest absolute Gasteiger partial charge is 0.420 e. The summed E-state index contributed by atoms with van der Waals surface area (Å²) in [5.74, 6) is 0.255. The van der Waals surface area contributed by atoms with Crippen LogP contribution in [0.5, 0.6) is 11.5 Å². The number of fused-ring (bicyclic) bond motifs is 2. The number of rotatable bonds is 3. The Morgan fingerprint density at radius 3 is 2.77 bits per heavy atom. The number of amides is 1. The molecule has 3 aromatic rings. The van der Waals surface area contributed by atoms with E-state index in [1.807, 2.05) is 0 Å². The predicted octanol–water partition coefficient (Wildman–Crippen LogP) is 3.05. The zero-order chi connectivity index (χ0) is 18.1. The Hall–Kier alpha value is -2.93. The Morgan fingerprint density at radius 1 is 1.12 bits per heavy atom. The van der Waals surface area contributed by atoms with Gasteiger partial charge in [-0.25, -0.2) is 4.79 Å². The normalized spacial score (nSPS) is 13.4. The van der Waals surface area contributed by atoms with Gasteiger partial charge in [0.2, 0.25) is 5.91 Å². The molecule has 1 aliphatic heterocycles. The van der Waals surface area contributed by atoms with E-state index in [4.69, 9.17) is 25.5 Å². The second-order valence-electron chi connectivity index (χ2n) is 5.83. The van der Waals surface area contributed by atoms with Gasteiger partial charge in [-0.3, -0.25) is 9.36 Å². The summed E-state index contributed by atoms with van der Waals surface area (Å²) in [7, 11) is 0. The number of halogens is 1. The Kier molecular flexibility index (Phi) is 4.30. The van der Waals surface area contributed by atoms with Gasteiger partial charge in [-0.1, -0.05) is 11.6 Å². The number of nitrogens with one attached hydrogen (secondary N) is 1. The molecule has 0 atom stereocenters. The quantitative estimate of drug-likeness (QED) is 0.761. The number of oxazole rings is 1. The van der Waals surface area contributed by atoms with Crippen LogP contribution in [0.1, 0.15) is 6.42 Å². The number of carbonyl (C=O) groups excluding carboxylic acids is 1. The van der Waals surface area contributed by atoms with E-state index in [1.54, 1.807) is 30.3 Å². The average Bonchev–Trinajstić information content (AvgIpc) is 2.78. The topological polar surface area (TPSA) is 82.7 Å². The van der Waals surface area contributed by atoms with E-state index in [-0.39, 0.29) is 12.5 Å². The molecule has 0 bridgehead atoms. The molecule has 0 saturated carbocycles. The van der Waals surface area contributed by atoms with Crippen LogP contribution >= 0.6 is 11.6 Å². The maximum absolute atomic E-state index is 12.4. The van der Waals surface area contributed by atoms with E-state index in [9.17, 15) is 9.59 Å². The highest BCUT2D eigenvalue weighted by Crippen LogP contribution is 2.32. The van der Waals surface area contributed by atoms with Gasteiger partial charge in [0.05, 0.1) is 18.7 Å². The average molecular weight is 375 g/mol. The van der Waals surface area contributed by atoms with Crippen molar-refractivity contribution in [2.24, 2.45) is 0 Å². The third kappa shape index (κ3) is 3.25. The summed E-state index contributed by atoms with van der Waals surface area (Å²) in [5, 5.41) is 3.21. The highest BCUT2D eigenvalue weighted by Gasteiger charge is 2.15. The monoisotopic (exact) mass is 374 g/mol. The van der Waals surface area contributed by atoms with E-state index in [2.05, 4.69) is 5.32 Å². The highest BCUT2D eigenvalue weighted by molar-refractivity contribution is 6.31. The molecule has 0 spiro atoms. The van der Waals surface area contributed by atoms with Gasteiger partial charge in [0.25, 0.3) is 0 Å². The highest BCUT2D eigenvalue weighted by atomic mass is 35.5. The van der Waals surface area contributed by atoms with E-state index in [0.717, 1.165) is 6.42 Å². The van der Waals surface area contributed by atoms with Gasteiger partial charge < -0.3 is 19.2 Å². The second kappa shape index (κ2) is 6.76. The minimum Gasteiger partial charge on any atom is -0.490 e. The third-order valence-corrected chi connectivity index (χ3v) is 4.20. The van der Waals surface area contributed by atoms with Crippen LogP contribution in [0.25, 0.3) is 11.1 Å². The van der Waals surface area contributed by atoms with E-state index >= 15 is 0 Å². The van der Waals surface area contributed by atoms with Crippen molar-refractivity contribution >= 4 is 34.3 Å². The van der Waals surface area contributed by atoms with Crippen LogP contribution in [0.4, 0.5) is 5.69 Å². The molecule has 8 heteroatoms. The lowest BCUT2D eigenvalue weighted by atomic mass is 10.2. The maximum atomic E-state index is 12.4. The molecule has 1 aliphatic rings. The van der Waals surface area contributed by atoms with Gasteiger partial charge in [-0.15, -0.1) is 0 Å². The Bertz CT molecular complexity index is 1040. The molecule has 0 saturated heterocycles. The summed E-state index contributed by atoms with van der Waals surface area (Å²) >= 11 is 5.89. The first-order valence-corrected chi connectivity index (χ1v) is 8.46. The molecule has 2 heterocycles. The molecular weight excluding hydrogens is 360 g/mol. The fraction of sp³-hybridized carbons (Fsp3) is 0.222. The number of hydrogen-bond donors (Lipinski definition) is 1. The fourth-order valence-corrected chi connectivity index (χ4v) is 2.94. The van der Waals surface area contributed by atoms with E-state index in [1.165, 1.54) is 10.6 Å². The Labute approximate surface area is 153 Å². The first-order chi connectivity index (χ1) is 12.6. The van der Waals surface area contributed by atoms with E-state index in [0.29, 0.717) is 46.5 Å². The lowest BCUT2D eigenvalue weighted by molar-refractivity contribution is -0.116. The summed E-state index contributed by atoms with van der Waals surface area (Å²) in [6, 6.07) is 9.99. The number of aromatic nitrogens is 1. The predicted molar refractivity (Wildman–Crippen MR) is 96.2 cm³/mol. The summed E-state index contributed by atoms with van der Waals surface area (Å²) in [5.41, 5.74) is 1.40. The minimum absolute atomic E-state index is 0.179. The zero-order valence-corrected chi connectivity index (χ0v) is 14.4. The van der Waals surface area contributed by atoms with Crippen molar-refractivity contribution in [2.75, 3.05) is 18.5 Å². The number of anilines is 1. The molecule has 1 amide bonds. The second-order valence-corrected chi connectivity index (χ2v) is 6.26. The first-order valence-electron chi connectivity index (χ1n) is 8.08. The number of hydrogen-bond acceptors (Lipinski definition) is 5. The number of benzene rings is 2. The molecule has 1 N–H and O–H groups in total. The summed E-state index contributed by atoms with van der Waals surface area (Å²) in [6.07, 6.45) is 0.802. The van der Waals surface area contributed by atoms with Crippen LogP contribution in [-0.2, 0) is 11.3 Å². The van der Waals surface area contributed by atoms with Crippen LogP contribution in [0.2, 0.25) is 5.02 Å². The van der Waals surface area contributed by atoms with Crippen LogP contribution in [0.15, 0.2) is 45.6 Å². The van der Waals surface area contributed by atoms with Crippen LogP contribution in [0.3, 0.4) is 0 Å². The van der Waals surface area contributed by atoms with Crippen molar-refractivity contribution < 1.29 is 18.7 Å². The molecule has 0 unspecified atom stereocenters. The van der Waals surface area contributed by atoms with Gasteiger partial charge in [0.1, 0.15) is 6.54 Å². The van der Waals surface area contributed by atoms with Crippen LogP contribution in [-0.4, -0.2) is 23.7 Å². The number of carbonyl (C=O) groups is 1. The lowest BCUT2D eigenvalue weighted by Gasteiger charge is -2.10. The van der Waals surface area contributed by atoms with Crippen molar-refractivity contribution in [1.29, 1.82) is 0 Å². The fourth-order valence-electron chi connectivity index (χ4n) is 2.78. The molecule has 0 aliphatic carbocycles. The molecule has 0 radical (unpaired) electrons. The largest absolute Gasteiger partial charge is 0.490 e. The van der Waals surface area contributed by atoms with Crippen molar-refractivity contribution in [1.82, 2.24) is 4.57 Å². The molecule has 1 aromatic heterocycles. The van der Waals surface area contributed by atoms with E-state index < -0.39 is 5.76 Å². The van der Waals surface area contributed by atoms with Crippen LogP contribution in [0, 0.1) is 0 Å². The van der Waals surface area contributed by atoms with Crippen molar-refractivity contribution in [3.63, 3.8) is 0 Å². The molecule has 134 valence electrons. The van der Waals surface area contributed by atoms with Gasteiger partial charge >= 0.3 is 5.76 Å². The van der Waals surface area contributed by atoms with Crippen LogP contribution < -0.4 is 20.5 Å². The molecule has 4 rings (SSSR count). The number of nitrogens with zero attached hydrogens (tertiary/aromatic N) is 1. The number of ether oxygens (including phenoxy) is 2. The van der Waals surface area contributed by atoms with Gasteiger partial charge in [-0.05, 0) is 24.3 Å². The van der Waals surface area contributed by atoms with Gasteiger partial charge in [-0.2, -0.15) is 0 Å². The Morgan fingerprint density at radius 2 is 1.92 bits per heavy atom. The molecule has 2 aromatic carbocycles. The summed E-state index contributed by atoms with van der Waals surface area (Å²) in [4.78, 5) is 24.4. The first kappa shape index (κ1) is 16.5. The third-order valence-electron chi connectivity index (χ3n) is 3.96. The summed E-state index contributed by atoms with van der Waals surface area (Å²) < 4.78 is 17.5. The molecule has 26 heavy (non-hydrogen) atoms. The standard InChI is InChI=1S/C18H15ClN2O5/c19-11-2-4-13-15(8-11)26-18(23)21(13)10-17(22)20-12-3-5-14-16(9-12)25-7-1-6-24-14/h2-5,8-9H,1,6-7,10H2,(H,20,22).